The third-order valence-corrected chi connectivity index (χ3v) is 7.05. The van der Waals surface area contributed by atoms with Crippen molar-refractivity contribution in [2.24, 2.45) is 0 Å². The van der Waals surface area contributed by atoms with Crippen LogP contribution >= 0.6 is 0 Å². The molecule has 3 aromatic carbocycles. The normalized spacial score (nSPS) is 18.4. The number of hydrogen-bond acceptors (Lipinski definition) is 6. The lowest BCUT2D eigenvalue weighted by Crippen LogP contribution is -2.42. The van der Waals surface area contributed by atoms with E-state index in [9.17, 15) is 9.59 Å². The number of carbonyl (C=O) groups excluding carboxylic acids is 1. The lowest BCUT2D eigenvalue weighted by atomic mass is 9.97. The van der Waals surface area contributed by atoms with Crippen LogP contribution in [0.15, 0.2) is 69.9 Å². The minimum absolute atomic E-state index is 0.140. The van der Waals surface area contributed by atoms with Crippen LogP contribution in [0.1, 0.15) is 27.7 Å². The third-order valence-electron chi connectivity index (χ3n) is 7.05. The van der Waals surface area contributed by atoms with Gasteiger partial charge in [-0.3, -0.25) is 14.5 Å². The summed E-state index contributed by atoms with van der Waals surface area (Å²) < 4.78 is 17.1. The van der Waals surface area contributed by atoms with Crippen molar-refractivity contribution in [3.63, 3.8) is 0 Å². The first-order valence-electron chi connectivity index (χ1n) is 11.9. The molecule has 7 nitrogen and oxygen atoms in total. The van der Waals surface area contributed by atoms with Crippen LogP contribution in [0.3, 0.4) is 0 Å². The van der Waals surface area contributed by atoms with Crippen LogP contribution in [0.25, 0.3) is 21.7 Å². The molecule has 35 heavy (non-hydrogen) atoms. The average Bonchev–Trinajstić information content (AvgIpc) is 3.19. The zero-order valence-corrected chi connectivity index (χ0v) is 19.5. The quantitative estimate of drug-likeness (QED) is 0.413. The van der Waals surface area contributed by atoms with Gasteiger partial charge in [-0.05, 0) is 29.1 Å². The van der Waals surface area contributed by atoms with Gasteiger partial charge in [0.05, 0.1) is 37.3 Å². The fourth-order valence-corrected chi connectivity index (χ4v) is 5.19. The summed E-state index contributed by atoms with van der Waals surface area (Å²) in [7, 11) is 1.61. The zero-order valence-electron chi connectivity index (χ0n) is 19.5. The van der Waals surface area contributed by atoms with E-state index in [1.807, 2.05) is 54.6 Å². The summed E-state index contributed by atoms with van der Waals surface area (Å²) >= 11 is 0. The molecule has 0 saturated carbocycles. The lowest BCUT2D eigenvalue weighted by molar-refractivity contribution is 0.0314. The summed E-state index contributed by atoms with van der Waals surface area (Å²) in [5.41, 5.74) is 1.57. The highest BCUT2D eigenvalue weighted by atomic mass is 16.5. The molecule has 2 aliphatic rings. The average molecular weight is 471 g/mol. The summed E-state index contributed by atoms with van der Waals surface area (Å²) in [6.45, 7) is 4.22. The van der Waals surface area contributed by atoms with Crippen molar-refractivity contribution >= 4 is 27.6 Å². The maximum Gasteiger partial charge on any atom is 0.290 e. The maximum absolute atomic E-state index is 13.9. The lowest BCUT2D eigenvalue weighted by Gasteiger charge is -2.31. The van der Waals surface area contributed by atoms with Gasteiger partial charge in [0.2, 0.25) is 5.76 Å². The number of rotatable bonds is 5. The summed E-state index contributed by atoms with van der Waals surface area (Å²) in [4.78, 5) is 31.7. The highest BCUT2D eigenvalue weighted by molar-refractivity contribution is 6.06. The van der Waals surface area contributed by atoms with E-state index < -0.39 is 6.04 Å². The van der Waals surface area contributed by atoms with Crippen LogP contribution in [-0.4, -0.2) is 62.2 Å². The van der Waals surface area contributed by atoms with Gasteiger partial charge in [0.25, 0.3) is 5.91 Å². The van der Waals surface area contributed by atoms with Crippen molar-refractivity contribution in [1.82, 2.24) is 9.80 Å². The fourth-order valence-electron chi connectivity index (χ4n) is 5.19. The number of methoxy groups -OCH3 is 1. The van der Waals surface area contributed by atoms with E-state index >= 15 is 0 Å². The molecule has 1 fully saturated rings. The molecule has 0 radical (unpaired) electrons. The van der Waals surface area contributed by atoms with Gasteiger partial charge in [-0.25, -0.2) is 0 Å². The van der Waals surface area contributed by atoms with Crippen LogP contribution in [0.2, 0.25) is 0 Å². The molecule has 0 bridgehead atoms. The summed E-state index contributed by atoms with van der Waals surface area (Å²) in [6.07, 6.45) is 0. The number of amides is 1. The molecule has 0 aliphatic carbocycles. The van der Waals surface area contributed by atoms with Crippen LogP contribution in [0.5, 0.6) is 5.75 Å². The van der Waals surface area contributed by atoms with Crippen molar-refractivity contribution in [2.75, 3.05) is 46.5 Å². The monoisotopic (exact) mass is 470 g/mol. The SMILES string of the molecule is COc1ccc(C2c3c(oc4c(ccc5ccccc54)c3=O)C(=O)N2CCN2CCOCC2)cc1. The van der Waals surface area contributed by atoms with Crippen molar-refractivity contribution in [1.29, 1.82) is 0 Å². The largest absolute Gasteiger partial charge is 0.497 e. The predicted octanol–water partition coefficient (Wildman–Crippen LogP) is 3.83. The predicted molar refractivity (Wildman–Crippen MR) is 133 cm³/mol. The maximum atomic E-state index is 13.9. The van der Waals surface area contributed by atoms with E-state index in [0.29, 0.717) is 42.8 Å². The van der Waals surface area contributed by atoms with Gasteiger partial charge in [0.1, 0.15) is 11.3 Å². The molecule has 178 valence electrons. The van der Waals surface area contributed by atoms with Crippen LogP contribution in [-0.2, 0) is 4.74 Å². The Morgan fingerprint density at radius 1 is 0.914 bits per heavy atom. The second kappa shape index (κ2) is 8.83. The number of ether oxygens (including phenoxy) is 2. The van der Waals surface area contributed by atoms with E-state index in [1.54, 1.807) is 18.1 Å². The molecule has 0 spiro atoms. The first kappa shape index (κ1) is 21.8. The van der Waals surface area contributed by atoms with Crippen molar-refractivity contribution < 1.29 is 18.7 Å². The van der Waals surface area contributed by atoms with Gasteiger partial charge >= 0.3 is 0 Å². The molecule has 1 atom stereocenters. The number of hydrogen-bond donors (Lipinski definition) is 0. The number of morpholine rings is 1. The van der Waals surface area contributed by atoms with E-state index in [4.69, 9.17) is 13.9 Å². The molecule has 6 rings (SSSR count). The summed E-state index contributed by atoms with van der Waals surface area (Å²) in [5, 5.41) is 2.28. The number of carbonyl (C=O) groups is 1. The van der Waals surface area contributed by atoms with E-state index in [0.717, 1.165) is 35.2 Å². The second-order valence-electron chi connectivity index (χ2n) is 8.97. The standard InChI is InChI=1S/C28H26N2O5/c1-33-20-9-6-19(7-10-20)24-23-25(31)22-11-8-18-4-2-3-5-21(18)26(22)35-27(23)28(32)30(24)13-12-29-14-16-34-17-15-29/h2-11,24H,12-17H2,1H3. The van der Waals surface area contributed by atoms with Crippen LogP contribution < -0.4 is 10.2 Å². The third kappa shape index (κ3) is 3.68. The van der Waals surface area contributed by atoms with Crippen LogP contribution in [0, 0.1) is 0 Å². The van der Waals surface area contributed by atoms with Crippen molar-refractivity contribution in [2.45, 2.75) is 6.04 Å². The molecule has 1 saturated heterocycles. The zero-order chi connectivity index (χ0) is 23.9. The minimum atomic E-state index is -0.517. The molecular formula is C28H26N2O5. The minimum Gasteiger partial charge on any atom is -0.497 e. The van der Waals surface area contributed by atoms with Gasteiger partial charge in [-0.1, -0.05) is 42.5 Å². The van der Waals surface area contributed by atoms with Gasteiger partial charge in [-0.2, -0.15) is 0 Å². The molecule has 4 aromatic rings. The Morgan fingerprint density at radius 3 is 2.46 bits per heavy atom. The Balaban J connectivity index is 1.49. The van der Waals surface area contributed by atoms with Gasteiger partial charge in [0, 0.05) is 31.6 Å². The summed E-state index contributed by atoms with van der Waals surface area (Å²) in [6, 6.07) is 18.5. The number of benzene rings is 3. The smallest absolute Gasteiger partial charge is 0.290 e. The topological polar surface area (TPSA) is 72.2 Å². The Hall–Kier alpha value is -3.68. The first-order valence-corrected chi connectivity index (χ1v) is 11.9. The van der Waals surface area contributed by atoms with Gasteiger partial charge in [0.15, 0.2) is 5.43 Å². The molecular weight excluding hydrogens is 444 g/mol. The van der Waals surface area contributed by atoms with E-state index in [-0.39, 0.29) is 17.1 Å². The Kier molecular flexibility index (Phi) is 5.51. The fraction of sp³-hybridized carbons (Fsp3) is 0.286. The van der Waals surface area contributed by atoms with Gasteiger partial charge < -0.3 is 18.8 Å². The van der Waals surface area contributed by atoms with E-state index in [1.165, 1.54) is 0 Å². The highest BCUT2D eigenvalue weighted by Crippen LogP contribution is 2.39. The highest BCUT2D eigenvalue weighted by Gasteiger charge is 2.42. The molecule has 0 N–H and O–H groups in total. The second-order valence-corrected chi connectivity index (χ2v) is 8.97. The number of fused-ring (bicyclic) bond motifs is 4. The molecule has 1 amide bonds. The van der Waals surface area contributed by atoms with Gasteiger partial charge in [-0.15, -0.1) is 0 Å². The Labute approximate surface area is 202 Å². The molecule has 7 heteroatoms. The van der Waals surface area contributed by atoms with Crippen molar-refractivity contribution in [3.05, 3.63) is 87.8 Å². The van der Waals surface area contributed by atoms with Crippen molar-refractivity contribution in [3.8, 4) is 5.75 Å². The number of nitrogens with zero attached hydrogens (tertiary/aromatic N) is 2. The molecule has 1 unspecified atom stereocenters. The molecule has 3 heterocycles. The first-order chi connectivity index (χ1) is 17.2. The summed E-state index contributed by atoms with van der Waals surface area (Å²) in [5.74, 6) is 0.609. The van der Waals surface area contributed by atoms with E-state index in [2.05, 4.69) is 4.90 Å². The Bertz CT molecular complexity index is 1470. The molecule has 2 aliphatic heterocycles. The molecule has 1 aromatic heterocycles. The Morgan fingerprint density at radius 2 is 1.69 bits per heavy atom. The van der Waals surface area contributed by atoms with Crippen LogP contribution in [0.4, 0.5) is 0 Å².